The molecule has 2 rings (SSSR count). The van der Waals surface area contributed by atoms with Gasteiger partial charge in [0, 0.05) is 36.1 Å². The molecule has 0 unspecified atom stereocenters. The SMILES string of the molecule is COc1cc(N)cc(Oc2cncc(Cl)c2)c1. The quantitative estimate of drug-likeness (QED) is 0.851. The molecular weight excluding hydrogens is 240 g/mol. The maximum Gasteiger partial charge on any atom is 0.147 e. The van der Waals surface area contributed by atoms with Gasteiger partial charge < -0.3 is 15.2 Å². The lowest BCUT2D eigenvalue weighted by molar-refractivity contribution is 0.409. The van der Waals surface area contributed by atoms with E-state index in [0.29, 0.717) is 28.0 Å². The van der Waals surface area contributed by atoms with Gasteiger partial charge in [0.1, 0.15) is 17.2 Å². The van der Waals surface area contributed by atoms with Gasteiger partial charge in [-0.15, -0.1) is 0 Å². The monoisotopic (exact) mass is 250 g/mol. The first kappa shape index (κ1) is 11.5. The molecule has 0 radical (unpaired) electrons. The van der Waals surface area contributed by atoms with Crippen LogP contribution in [-0.4, -0.2) is 12.1 Å². The third kappa shape index (κ3) is 3.01. The number of nitrogens with two attached hydrogens (primary N) is 1. The second-order valence-corrected chi connectivity index (χ2v) is 3.82. The van der Waals surface area contributed by atoms with Crippen LogP contribution in [0.4, 0.5) is 5.69 Å². The highest BCUT2D eigenvalue weighted by molar-refractivity contribution is 6.30. The molecule has 1 heterocycles. The summed E-state index contributed by atoms with van der Waals surface area (Å²) in [6.07, 6.45) is 3.11. The molecular formula is C12H11ClN2O2. The van der Waals surface area contributed by atoms with Crippen molar-refractivity contribution in [1.29, 1.82) is 0 Å². The Bertz CT molecular complexity index is 532. The minimum atomic E-state index is 0.512. The third-order valence-corrected chi connectivity index (χ3v) is 2.26. The number of methoxy groups -OCH3 is 1. The number of rotatable bonds is 3. The Morgan fingerprint density at radius 1 is 1.06 bits per heavy atom. The molecule has 4 nitrogen and oxygen atoms in total. The number of ether oxygens (including phenoxy) is 2. The van der Waals surface area contributed by atoms with E-state index >= 15 is 0 Å². The molecule has 88 valence electrons. The van der Waals surface area contributed by atoms with Gasteiger partial charge in [-0.1, -0.05) is 11.6 Å². The number of hydrogen-bond acceptors (Lipinski definition) is 4. The Balaban J connectivity index is 2.26. The molecule has 1 aromatic carbocycles. The second-order valence-electron chi connectivity index (χ2n) is 3.38. The molecule has 0 aliphatic rings. The zero-order valence-corrected chi connectivity index (χ0v) is 9.94. The van der Waals surface area contributed by atoms with Crippen LogP contribution in [0.15, 0.2) is 36.7 Å². The minimum Gasteiger partial charge on any atom is -0.497 e. The molecule has 0 aliphatic heterocycles. The Morgan fingerprint density at radius 2 is 1.82 bits per heavy atom. The second kappa shape index (κ2) is 4.93. The molecule has 1 aromatic heterocycles. The van der Waals surface area contributed by atoms with Gasteiger partial charge in [-0.25, -0.2) is 0 Å². The first-order chi connectivity index (χ1) is 8.17. The van der Waals surface area contributed by atoms with E-state index in [2.05, 4.69) is 4.98 Å². The van der Waals surface area contributed by atoms with Gasteiger partial charge in [0.05, 0.1) is 18.3 Å². The highest BCUT2D eigenvalue weighted by Gasteiger charge is 2.02. The van der Waals surface area contributed by atoms with Crippen molar-refractivity contribution in [2.45, 2.75) is 0 Å². The summed E-state index contributed by atoms with van der Waals surface area (Å²) in [6, 6.07) is 6.81. The van der Waals surface area contributed by atoms with Crippen LogP contribution in [0.5, 0.6) is 17.2 Å². The topological polar surface area (TPSA) is 57.4 Å². The number of benzene rings is 1. The van der Waals surface area contributed by atoms with E-state index in [1.54, 1.807) is 37.6 Å². The van der Waals surface area contributed by atoms with E-state index in [1.807, 2.05) is 0 Å². The van der Waals surface area contributed by atoms with Crippen molar-refractivity contribution in [3.63, 3.8) is 0 Å². The molecule has 0 amide bonds. The first-order valence-electron chi connectivity index (χ1n) is 4.90. The molecule has 17 heavy (non-hydrogen) atoms. The number of pyridine rings is 1. The van der Waals surface area contributed by atoms with E-state index in [4.69, 9.17) is 26.8 Å². The summed E-state index contributed by atoms with van der Waals surface area (Å²) in [5.41, 5.74) is 6.28. The summed E-state index contributed by atoms with van der Waals surface area (Å²) in [7, 11) is 1.57. The maximum atomic E-state index is 5.81. The van der Waals surface area contributed by atoms with Crippen molar-refractivity contribution in [3.8, 4) is 17.2 Å². The van der Waals surface area contributed by atoms with E-state index in [-0.39, 0.29) is 0 Å². The fraction of sp³-hybridized carbons (Fsp3) is 0.0833. The van der Waals surface area contributed by atoms with Crippen LogP contribution in [0, 0.1) is 0 Å². The summed E-state index contributed by atoms with van der Waals surface area (Å²) in [4.78, 5) is 3.93. The molecule has 0 atom stereocenters. The third-order valence-electron chi connectivity index (χ3n) is 2.05. The van der Waals surface area contributed by atoms with Crippen molar-refractivity contribution in [2.24, 2.45) is 0 Å². The van der Waals surface area contributed by atoms with E-state index in [9.17, 15) is 0 Å². The van der Waals surface area contributed by atoms with Crippen LogP contribution >= 0.6 is 11.6 Å². The van der Waals surface area contributed by atoms with Crippen molar-refractivity contribution in [3.05, 3.63) is 41.7 Å². The zero-order chi connectivity index (χ0) is 12.3. The normalized spacial score (nSPS) is 10.0. The van der Waals surface area contributed by atoms with Crippen molar-refractivity contribution >= 4 is 17.3 Å². The van der Waals surface area contributed by atoms with Crippen LogP contribution in [0.3, 0.4) is 0 Å². The van der Waals surface area contributed by atoms with E-state index in [0.717, 1.165) is 0 Å². The molecule has 5 heteroatoms. The fourth-order valence-corrected chi connectivity index (χ4v) is 1.52. The smallest absolute Gasteiger partial charge is 0.147 e. The summed E-state index contributed by atoms with van der Waals surface area (Å²) in [6.45, 7) is 0. The number of aromatic nitrogens is 1. The number of halogens is 1. The molecule has 0 spiro atoms. The molecule has 0 saturated carbocycles. The number of nitrogens with zero attached hydrogens (tertiary/aromatic N) is 1. The van der Waals surface area contributed by atoms with Gasteiger partial charge >= 0.3 is 0 Å². The zero-order valence-electron chi connectivity index (χ0n) is 9.18. The molecule has 0 fully saturated rings. The van der Waals surface area contributed by atoms with Gasteiger partial charge in [0.25, 0.3) is 0 Å². The first-order valence-corrected chi connectivity index (χ1v) is 5.28. The Labute approximate surface area is 104 Å². The molecule has 2 aromatic rings. The Hall–Kier alpha value is -1.94. The summed E-state index contributed by atoms with van der Waals surface area (Å²) in [5, 5.41) is 0.512. The lowest BCUT2D eigenvalue weighted by atomic mass is 10.3. The number of nitrogen functional groups attached to an aromatic ring is 1. The van der Waals surface area contributed by atoms with Crippen molar-refractivity contribution < 1.29 is 9.47 Å². The maximum absolute atomic E-state index is 5.81. The average Bonchev–Trinajstić information content (AvgIpc) is 2.28. The molecule has 2 N–H and O–H groups in total. The van der Waals surface area contributed by atoms with Crippen LogP contribution in [-0.2, 0) is 0 Å². The summed E-state index contributed by atoms with van der Waals surface area (Å²) in [5.74, 6) is 1.76. The van der Waals surface area contributed by atoms with E-state index < -0.39 is 0 Å². The average molecular weight is 251 g/mol. The van der Waals surface area contributed by atoms with Crippen LogP contribution < -0.4 is 15.2 Å². The van der Waals surface area contributed by atoms with Crippen LogP contribution in [0.25, 0.3) is 0 Å². The van der Waals surface area contributed by atoms with Gasteiger partial charge in [0.15, 0.2) is 0 Å². The Kier molecular flexibility index (Phi) is 3.35. The largest absolute Gasteiger partial charge is 0.497 e. The fourth-order valence-electron chi connectivity index (χ4n) is 1.35. The molecule has 0 saturated heterocycles. The Morgan fingerprint density at radius 3 is 2.53 bits per heavy atom. The van der Waals surface area contributed by atoms with E-state index in [1.165, 1.54) is 6.20 Å². The number of anilines is 1. The van der Waals surface area contributed by atoms with Crippen LogP contribution in [0.1, 0.15) is 0 Å². The molecule has 0 bridgehead atoms. The minimum absolute atomic E-state index is 0.512. The van der Waals surface area contributed by atoms with Gasteiger partial charge in [-0.3, -0.25) is 4.98 Å². The lowest BCUT2D eigenvalue weighted by Gasteiger charge is -2.08. The van der Waals surface area contributed by atoms with Crippen molar-refractivity contribution in [1.82, 2.24) is 4.98 Å². The lowest BCUT2D eigenvalue weighted by Crippen LogP contribution is -1.91. The van der Waals surface area contributed by atoms with Gasteiger partial charge in [-0.05, 0) is 0 Å². The molecule has 0 aliphatic carbocycles. The summed E-state index contributed by atoms with van der Waals surface area (Å²) >= 11 is 5.81. The highest BCUT2D eigenvalue weighted by Crippen LogP contribution is 2.28. The van der Waals surface area contributed by atoms with Gasteiger partial charge in [-0.2, -0.15) is 0 Å². The standard InChI is InChI=1S/C12H11ClN2O2/c1-16-10-3-9(14)4-11(5-10)17-12-2-8(13)6-15-7-12/h2-7H,14H2,1H3. The van der Waals surface area contributed by atoms with Gasteiger partial charge in [0.2, 0.25) is 0 Å². The predicted molar refractivity (Wildman–Crippen MR) is 66.7 cm³/mol. The summed E-state index contributed by atoms with van der Waals surface area (Å²) < 4.78 is 10.7. The predicted octanol–water partition coefficient (Wildman–Crippen LogP) is 3.12. The number of hydrogen-bond donors (Lipinski definition) is 1. The van der Waals surface area contributed by atoms with Crippen molar-refractivity contribution in [2.75, 3.05) is 12.8 Å². The van der Waals surface area contributed by atoms with Crippen LogP contribution in [0.2, 0.25) is 5.02 Å². The highest BCUT2D eigenvalue weighted by atomic mass is 35.5.